The number of carbonyl (C=O) groups excluding carboxylic acids is 2. The highest BCUT2D eigenvalue weighted by molar-refractivity contribution is 7.80. The monoisotopic (exact) mass is 374 g/mol. The fourth-order valence-electron chi connectivity index (χ4n) is 2.59. The van der Waals surface area contributed by atoms with Crippen LogP contribution in [-0.2, 0) is 16.9 Å². The second-order valence-electron chi connectivity index (χ2n) is 5.80. The lowest BCUT2D eigenvalue weighted by Gasteiger charge is -2.23. The Morgan fingerprint density at radius 3 is 2.85 bits per heavy atom. The maximum atomic E-state index is 12.8. The highest BCUT2D eigenvalue weighted by Gasteiger charge is 2.49. The SMILES string of the molecule is COc1cccc(C2(C)NC(=O)N(NC(=S)NCc3ccco3)C2=O)c1. The summed E-state index contributed by atoms with van der Waals surface area (Å²) in [7, 11) is 1.54. The molecule has 1 aliphatic rings. The van der Waals surface area contributed by atoms with Crippen LogP contribution in [0.25, 0.3) is 0 Å². The van der Waals surface area contributed by atoms with Gasteiger partial charge in [-0.1, -0.05) is 12.1 Å². The molecule has 136 valence electrons. The van der Waals surface area contributed by atoms with Crippen molar-refractivity contribution < 1.29 is 18.7 Å². The first-order valence-corrected chi connectivity index (χ1v) is 8.23. The lowest BCUT2D eigenvalue weighted by Crippen LogP contribution is -2.51. The Morgan fingerprint density at radius 2 is 2.15 bits per heavy atom. The molecule has 2 aromatic rings. The van der Waals surface area contributed by atoms with Gasteiger partial charge in [-0.3, -0.25) is 10.2 Å². The average Bonchev–Trinajstić information content (AvgIpc) is 3.23. The molecule has 1 aliphatic heterocycles. The molecule has 3 amide bonds. The van der Waals surface area contributed by atoms with Crippen LogP contribution >= 0.6 is 12.2 Å². The van der Waals surface area contributed by atoms with E-state index in [0.717, 1.165) is 5.01 Å². The van der Waals surface area contributed by atoms with Crippen molar-refractivity contribution in [2.24, 2.45) is 0 Å². The molecule has 2 heterocycles. The largest absolute Gasteiger partial charge is 0.497 e. The summed E-state index contributed by atoms with van der Waals surface area (Å²) in [6.45, 7) is 1.96. The number of carbonyl (C=O) groups is 2. The fraction of sp³-hybridized carbons (Fsp3) is 0.235. The van der Waals surface area contributed by atoms with Crippen molar-refractivity contribution in [2.75, 3.05) is 7.11 Å². The number of methoxy groups -OCH3 is 1. The van der Waals surface area contributed by atoms with E-state index >= 15 is 0 Å². The number of hydrogen-bond donors (Lipinski definition) is 3. The van der Waals surface area contributed by atoms with Crippen molar-refractivity contribution in [1.82, 2.24) is 21.1 Å². The van der Waals surface area contributed by atoms with Crippen molar-refractivity contribution in [1.29, 1.82) is 0 Å². The van der Waals surface area contributed by atoms with Crippen LogP contribution in [0.3, 0.4) is 0 Å². The van der Waals surface area contributed by atoms with E-state index in [1.807, 2.05) is 0 Å². The summed E-state index contributed by atoms with van der Waals surface area (Å²) in [6, 6.07) is 9.91. The van der Waals surface area contributed by atoms with Gasteiger partial charge in [-0.2, -0.15) is 5.01 Å². The van der Waals surface area contributed by atoms with Gasteiger partial charge in [0.1, 0.15) is 17.0 Å². The molecule has 0 radical (unpaired) electrons. The summed E-state index contributed by atoms with van der Waals surface area (Å²) in [4.78, 5) is 25.1. The van der Waals surface area contributed by atoms with Crippen LogP contribution in [0.5, 0.6) is 5.75 Å². The molecule has 26 heavy (non-hydrogen) atoms. The lowest BCUT2D eigenvalue weighted by molar-refractivity contribution is -0.132. The first-order chi connectivity index (χ1) is 12.4. The maximum Gasteiger partial charge on any atom is 0.344 e. The van der Waals surface area contributed by atoms with Crippen LogP contribution in [-0.4, -0.2) is 29.2 Å². The third-order valence-electron chi connectivity index (χ3n) is 4.05. The van der Waals surface area contributed by atoms with Crippen LogP contribution in [0.4, 0.5) is 4.79 Å². The fourth-order valence-corrected chi connectivity index (χ4v) is 2.76. The van der Waals surface area contributed by atoms with Crippen LogP contribution in [0, 0.1) is 0 Å². The van der Waals surface area contributed by atoms with Gasteiger partial charge in [-0.25, -0.2) is 4.79 Å². The molecule has 1 atom stereocenters. The Morgan fingerprint density at radius 1 is 1.35 bits per heavy atom. The molecule has 8 nitrogen and oxygen atoms in total. The van der Waals surface area contributed by atoms with Crippen LogP contribution in [0.2, 0.25) is 0 Å². The number of urea groups is 1. The number of ether oxygens (including phenoxy) is 1. The molecule has 0 saturated carbocycles. The maximum absolute atomic E-state index is 12.8. The first-order valence-electron chi connectivity index (χ1n) is 7.82. The number of hydrazine groups is 1. The topological polar surface area (TPSA) is 95.8 Å². The zero-order valence-corrected chi connectivity index (χ0v) is 15.1. The summed E-state index contributed by atoms with van der Waals surface area (Å²) in [5.41, 5.74) is 1.99. The van der Waals surface area contributed by atoms with E-state index in [1.54, 1.807) is 49.6 Å². The van der Waals surface area contributed by atoms with E-state index in [2.05, 4.69) is 16.1 Å². The van der Waals surface area contributed by atoms with Crippen molar-refractivity contribution in [3.8, 4) is 5.75 Å². The number of benzene rings is 1. The van der Waals surface area contributed by atoms with Crippen molar-refractivity contribution in [3.63, 3.8) is 0 Å². The van der Waals surface area contributed by atoms with E-state index < -0.39 is 17.5 Å². The Bertz CT molecular complexity index is 839. The number of furan rings is 1. The second kappa shape index (κ2) is 7.04. The third kappa shape index (κ3) is 3.33. The second-order valence-corrected chi connectivity index (χ2v) is 6.21. The Kier molecular flexibility index (Phi) is 4.81. The van der Waals surface area contributed by atoms with E-state index in [4.69, 9.17) is 21.4 Å². The van der Waals surface area contributed by atoms with Gasteiger partial charge in [0.2, 0.25) is 0 Å². The molecule has 3 rings (SSSR count). The Balaban J connectivity index is 1.70. The molecule has 1 saturated heterocycles. The zero-order chi connectivity index (χ0) is 18.7. The van der Waals surface area contributed by atoms with Crippen LogP contribution in [0.15, 0.2) is 47.1 Å². The van der Waals surface area contributed by atoms with E-state index in [0.29, 0.717) is 23.6 Å². The summed E-state index contributed by atoms with van der Waals surface area (Å²) in [5.74, 6) is 0.790. The van der Waals surface area contributed by atoms with Crippen LogP contribution < -0.4 is 20.8 Å². The molecular weight excluding hydrogens is 356 g/mol. The van der Waals surface area contributed by atoms with Gasteiger partial charge in [-0.05, 0) is 49.0 Å². The van der Waals surface area contributed by atoms with E-state index in [1.165, 1.54) is 7.11 Å². The summed E-state index contributed by atoms with van der Waals surface area (Å²) >= 11 is 5.14. The number of imide groups is 1. The predicted octanol–water partition coefficient (Wildman–Crippen LogP) is 1.63. The highest BCUT2D eigenvalue weighted by atomic mass is 32.1. The summed E-state index contributed by atoms with van der Waals surface area (Å²) in [6.07, 6.45) is 1.55. The Hall–Kier alpha value is -3.07. The van der Waals surface area contributed by atoms with Crippen molar-refractivity contribution in [3.05, 3.63) is 54.0 Å². The summed E-state index contributed by atoms with van der Waals surface area (Å²) < 4.78 is 10.4. The predicted molar refractivity (Wildman–Crippen MR) is 97.0 cm³/mol. The highest BCUT2D eigenvalue weighted by Crippen LogP contribution is 2.30. The van der Waals surface area contributed by atoms with Gasteiger partial charge in [0.05, 0.1) is 19.9 Å². The number of nitrogens with zero attached hydrogens (tertiary/aromatic N) is 1. The summed E-state index contributed by atoms with van der Waals surface area (Å²) in [5, 5.41) is 6.54. The van der Waals surface area contributed by atoms with Gasteiger partial charge >= 0.3 is 6.03 Å². The number of thiocarbonyl (C=S) groups is 1. The number of hydrogen-bond acceptors (Lipinski definition) is 5. The molecule has 0 bridgehead atoms. The third-order valence-corrected chi connectivity index (χ3v) is 4.29. The molecule has 1 aromatic heterocycles. The molecule has 1 aromatic carbocycles. The van der Waals surface area contributed by atoms with Gasteiger partial charge < -0.3 is 19.8 Å². The van der Waals surface area contributed by atoms with Crippen LogP contribution in [0.1, 0.15) is 18.2 Å². The van der Waals surface area contributed by atoms with Crippen molar-refractivity contribution in [2.45, 2.75) is 19.0 Å². The Labute approximate surface area is 155 Å². The van der Waals surface area contributed by atoms with Gasteiger partial charge in [0.15, 0.2) is 5.11 Å². The minimum atomic E-state index is -1.23. The van der Waals surface area contributed by atoms with Gasteiger partial charge in [0.25, 0.3) is 5.91 Å². The molecule has 0 spiro atoms. The lowest BCUT2D eigenvalue weighted by atomic mass is 9.92. The molecule has 1 fully saturated rings. The van der Waals surface area contributed by atoms with Crippen molar-refractivity contribution >= 4 is 29.3 Å². The number of rotatable bonds is 5. The number of amides is 3. The van der Waals surface area contributed by atoms with Gasteiger partial charge in [-0.15, -0.1) is 0 Å². The van der Waals surface area contributed by atoms with E-state index in [-0.39, 0.29) is 5.11 Å². The van der Waals surface area contributed by atoms with E-state index in [9.17, 15) is 9.59 Å². The quantitative estimate of drug-likeness (QED) is 0.541. The molecule has 0 aliphatic carbocycles. The smallest absolute Gasteiger partial charge is 0.344 e. The zero-order valence-electron chi connectivity index (χ0n) is 14.2. The average molecular weight is 374 g/mol. The minimum absolute atomic E-state index is 0.125. The normalized spacial score (nSPS) is 19.2. The number of nitrogens with one attached hydrogen (secondary N) is 3. The standard InChI is InChI=1S/C17H18N4O4S/c1-17(11-5-3-6-12(9-11)24-2)14(22)21(16(23)19-17)20-15(26)18-10-13-7-4-8-25-13/h3-9H,10H2,1-2H3,(H,19,23)(H2,18,20,26). The first kappa shape index (κ1) is 17.7. The molecule has 9 heteroatoms. The molecule has 1 unspecified atom stereocenters. The van der Waals surface area contributed by atoms with Gasteiger partial charge in [0, 0.05) is 0 Å². The molecular formula is C17H18N4O4S. The minimum Gasteiger partial charge on any atom is -0.497 e. The molecule has 3 N–H and O–H groups in total.